The summed E-state index contributed by atoms with van der Waals surface area (Å²) in [6.45, 7) is 5.71. The Hall–Kier alpha value is -1.75. The van der Waals surface area contributed by atoms with E-state index in [2.05, 4.69) is 24.3 Å². The van der Waals surface area contributed by atoms with Gasteiger partial charge in [0, 0.05) is 19.1 Å². The van der Waals surface area contributed by atoms with E-state index < -0.39 is 5.54 Å². The first-order chi connectivity index (χ1) is 11.3. The summed E-state index contributed by atoms with van der Waals surface area (Å²) in [5.41, 5.74) is 0.647. The first kappa shape index (κ1) is 18.6. The second-order valence-corrected chi connectivity index (χ2v) is 7.32. The molecule has 1 heterocycles. The minimum atomic E-state index is -0.420. The molecule has 1 aliphatic rings. The molecular formula is C19H31N3O2. The first-order valence-corrected chi connectivity index (χ1v) is 8.71. The van der Waals surface area contributed by atoms with E-state index in [0.29, 0.717) is 6.04 Å². The van der Waals surface area contributed by atoms with E-state index in [1.165, 1.54) is 0 Å². The molecule has 24 heavy (non-hydrogen) atoms. The summed E-state index contributed by atoms with van der Waals surface area (Å²) in [4.78, 5) is 16.9. The predicted octanol–water partition coefficient (Wildman–Crippen LogP) is 3.06. The SMILES string of the molecule is COc1ccc(C(C)(C)NC(=O)N2CCC[C@@H](N(C)C)CC2)cc1. The lowest BCUT2D eigenvalue weighted by Crippen LogP contribution is -2.48. The van der Waals surface area contributed by atoms with Crippen molar-refractivity contribution in [2.75, 3.05) is 34.3 Å². The van der Waals surface area contributed by atoms with Crippen molar-refractivity contribution >= 4 is 6.03 Å². The number of hydrogen-bond donors (Lipinski definition) is 1. The highest BCUT2D eigenvalue weighted by Crippen LogP contribution is 2.23. The third-order valence-corrected chi connectivity index (χ3v) is 4.95. The number of nitrogens with zero attached hydrogens (tertiary/aromatic N) is 2. The Morgan fingerprint density at radius 2 is 1.88 bits per heavy atom. The Morgan fingerprint density at radius 3 is 2.46 bits per heavy atom. The summed E-state index contributed by atoms with van der Waals surface area (Å²) >= 11 is 0. The lowest BCUT2D eigenvalue weighted by Gasteiger charge is -2.31. The molecule has 0 aromatic heterocycles. The summed E-state index contributed by atoms with van der Waals surface area (Å²) in [7, 11) is 5.89. The summed E-state index contributed by atoms with van der Waals surface area (Å²) in [6.07, 6.45) is 3.24. The molecule has 0 unspecified atom stereocenters. The van der Waals surface area contributed by atoms with Gasteiger partial charge in [-0.2, -0.15) is 0 Å². The van der Waals surface area contributed by atoms with Crippen LogP contribution in [-0.4, -0.2) is 56.2 Å². The fraction of sp³-hybridized carbons (Fsp3) is 0.632. The highest BCUT2D eigenvalue weighted by Gasteiger charge is 2.27. The number of carbonyl (C=O) groups excluding carboxylic acids is 1. The fourth-order valence-electron chi connectivity index (χ4n) is 3.22. The summed E-state index contributed by atoms with van der Waals surface area (Å²) < 4.78 is 5.20. The molecule has 2 rings (SSSR count). The average molecular weight is 333 g/mol. The van der Waals surface area contributed by atoms with Gasteiger partial charge in [0.05, 0.1) is 12.6 Å². The maximum Gasteiger partial charge on any atom is 0.318 e. The zero-order valence-electron chi connectivity index (χ0n) is 15.6. The van der Waals surface area contributed by atoms with Crippen LogP contribution in [0.3, 0.4) is 0 Å². The molecule has 1 atom stereocenters. The van der Waals surface area contributed by atoms with Crippen molar-refractivity contribution < 1.29 is 9.53 Å². The Morgan fingerprint density at radius 1 is 1.21 bits per heavy atom. The maximum absolute atomic E-state index is 12.7. The number of ether oxygens (including phenoxy) is 1. The van der Waals surface area contributed by atoms with Crippen LogP contribution < -0.4 is 10.1 Å². The van der Waals surface area contributed by atoms with Crippen molar-refractivity contribution in [1.82, 2.24) is 15.1 Å². The number of likely N-dealkylation sites (tertiary alicyclic amines) is 1. The van der Waals surface area contributed by atoms with Crippen LogP contribution in [0.25, 0.3) is 0 Å². The van der Waals surface area contributed by atoms with Crippen molar-refractivity contribution in [3.63, 3.8) is 0 Å². The van der Waals surface area contributed by atoms with E-state index in [0.717, 1.165) is 43.7 Å². The van der Waals surface area contributed by atoms with Gasteiger partial charge in [0.1, 0.15) is 5.75 Å². The van der Waals surface area contributed by atoms with E-state index in [-0.39, 0.29) is 6.03 Å². The van der Waals surface area contributed by atoms with Crippen LogP contribution in [0.2, 0.25) is 0 Å². The van der Waals surface area contributed by atoms with Gasteiger partial charge >= 0.3 is 6.03 Å². The monoisotopic (exact) mass is 333 g/mol. The smallest absolute Gasteiger partial charge is 0.318 e. The van der Waals surface area contributed by atoms with Crippen molar-refractivity contribution in [3.05, 3.63) is 29.8 Å². The minimum Gasteiger partial charge on any atom is -0.497 e. The van der Waals surface area contributed by atoms with Crippen molar-refractivity contribution in [1.29, 1.82) is 0 Å². The quantitative estimate of drug-likeness (QED) is 0.921. The number of urea groups is 1. The lowest BCUT2D eigenvalue weighted by molar-refractivity contribution is 0.186. The van der Waals surface area contributed by atoms with Crippen LogP contribution in [0.15, 0.2) is 24.3 Å². The highest BCUT2D eigenvalue weighted by atomic mass is 16.5. The van der Waals surface area contributed by atoms with Crippen LogP contribution in [0.5, 0.6) is 5.75 Å². The largest absolute Gasteiger partial charge is 0.497 e. The molecule has 5 heteroatoms. The number of benzene rings is 1. The molecule has 1 saturated heterocycles. The van der Waals surface area contributed by atoms with Crippen LogP contribution in [0, 0.1) is 0 Å². The topological polar surface area (TPSA) is 44.8 Å². The van der Waals surface area contributed by atoms with Gasteiger partial charge in [-0.3, -0.25) is 0 Å². The Labute approximate surface area is 146 Å². The molecule has 0 saturated carbocycles. The summed E-state index contributed by atoms with van der Waals surface area (Å²) in [6, 6.07) is 8.45. The normalized spacial score (nSPS) is 19.1. The molecule has 5 nitrogen and oxygen atoms in total. The molecule has 1 aromatic rings. The van der Waals surface area contributed by atoms with Crippen molar-refractivity contribution in [2.45, 2.75) is 44.7 Å². The molecule has 0 aliphatic carbocycles. The van der Waals surface area contributed by atoms with E-state index in [9.17, 15) is 4.79 Å². The Kier molecular flexibility index (Phi) is 6.10. The fourth-order valence-corrected chi connectivity index (χ4v) is 3.22. The summed E-state index contributed by atoms with van der Waals surface area (Å²) in [5, 5.41) is 3.18. The number of amides is 2. The van der Waals surface area contributed by atoms with Gasteiger partial charge in [-0.1, -0.05) is 12.1 Å². The van der Waals surface area contributed by atoms with Crippen molar-refractivity contribution in [3.8, 4) is 5.75 Å². The van der Waals surface area contributed by atoms with Gasteiger partial charge in [-0.25, -0.2) is 4.79 Å². The molecule has 1 aromatic carbocycles. The second-order valence-electron chi connectivity index (χ2n) is 7.32. The molecule has 0 spiro atoms. The van der Waals surface area contributed by atoms with Crippen LogP contribution in [0.1, 0.15) is 38.7 Å². The predicted molar refractivity (Wildman–Crippen MR) is 97.5 cm³/mol. The van der Waals surface area contributed by atoms with E-state index >= 15 is 0 Å². The standard InChI is InChI=1S/C19H31N3O2/c1-19(2,15-8-10-17(24-5)11-9-15)20-18(23)22-13-6-7-16(12-14-22)21(3)4/h8-11,16H,6-7,12-14H2,1-5H3,(H,20,23)/t16-/m1/s1. The third-order valence-electron chi connectivity index (χ3n) is 4.95. The van der Waals surface area contributed by atoms with Crippen molar-refractivity contribution in [2.24, 2.45) is 0 Å². The number of nitrogens with one attached hydrogen (secondary N) is 1. The molecule has 1 aliphatic heterocycles. The first-order valence-electron chi connectivity index (χ1n) is 8.71. The molecule has 2 amide bonds. The highest BCUT2D eigenvalue weighted by molar-refractivity contribution is 5.75. The lowest BCUT2D eigenvalue weighted by atomic mass is 9.94. The zero-order valence-corrected chi connectivity index (χ0v) is 15.6. The van der Waals surface area contributed by atoms with E-state index in [4.69, 9.17) is 4.74 Å². The van der Waals surface area contributed by atoms with E-state index in [1.807, 2.05) is 43.0 Å². The van der Waals surface area contributed by atoms with E-state index in [1.54, 1.807) is 7.11 Å². The van der Waals surface area contributed by atoms with Gasteiger partial charge in [0.15, 0.2) is 0 Å². The molecule has 1 N–H and O–H groups in total. The van der Waals surface area contributed by atoms with Gasteiger partial charge in [0.2, 0.25) is 0 Å². The van der Waals surface area contributed by atoms with Crippen LogP contribution >= 0.6 is 0 Å². The van der Waals surface area contributed by atoms with Gasteiger partial charge in [-0.05, 0) is 64.9 Å². The Balaban J connectivity index is 1.99. The van der Waals surface area contributed by atoms with Gasteiger partial charge in [-0.15, -0.1) is 0 Å². The molecule has 1 fully saturated rings. The zero-order chi connectivity index (χ0) is 17.7. The van der Waals surface area contributed by atoms with Crippen LogP contribution in [0.4, 0.5) is 4.79 Å². The second kappa shape index (κ2) is 7.88. The number of rotatable bonds is 4. The molecule has 0 radical (unpaired) electrons. The molecular weight excluding hydrogens is 302 g/mol. The van der Waals surface area contributed by atoms with Gasteiger partial charge < -0.3 is 19.9 Å². The third kappa shape index (κ3) is 4.63. The molecule has 0 bridgehead atoms. The number of methoxy groups -OCH3 is 1. The Bertz CT molecular complexity index is 540. The maximum atomic E-state index is 12.7. The minimum absolute atomic E-state index is 0.0234. The number of hydrogen-bond acceptors (Lipinski definition) is 3. The average Bonchev–Trinajstić information content (AvgIpc) is 2.80. The summed E-state index contributed by atoms with van der Waals surface area (Å²) in [5.74, 6) is 0.822. The number of carbonyl (C=O) groups is 1. The van der Waals surface area contributed by atoms with Gasteiger partial charge in [0.25, 0.3) is 0 Å². The van der Waals surface area contributed by atoms with Crippen LogP contribution in [-0.2, 0) is 5.54 Å². The molecule has 134 valence electrons.